The molecule has 1 aliphatic rings. The minimum absolute atomic E-state index is 0.131. The van der Waals surface area contributed by atoms with E-state index in [1.165, 1.54) is 0 Å². The Labute approximate surface area is 115 Å². The number of hydrogen-bond acceptors (Lipinski definition) is 3. The van der Waals surface area contributed by atoms with Crippen molar-refractivity contribution in [3.05, 3.63) is 59.4 Å². The summed E-state index contributed by atoms with van der Waals surface area (Å²) >= 11 is 0. The molecule has 0 bridgehead atoms. The van der Waals surface area contributed by atoms with E-state index in [0.717, 1.165) is 12.0 Å². The van der Waals surface area contributed by atoms with Gasteiger partial charge in [-0.05, 0) is 36.2 Å². The van der Waals surface area contributed by atoms with Crippen LogP contribution in [0.4, 0.5) is 5.69 Å². The van der Waals surface area contributed by atoms with Gasteiger partial charge in [0.1, 0.15) is 0 Å². The lowest BCUT2D eigenvalue weighted by atomic mass is 10.1. The Hall–Kier alpha value is -2.69. The van der Waals surface area contributed by atoms with Gasteiger partial charge >= 0.3 is 5.97 Å². The summed E-state index contributed by atoms with van der Waals surface area (Å²) in [6.45, 7) is 0.569. The van der Waals surface area contributed by atoms with Crippen LogP contribution in [0.1, 0.15) is 26.3 Å². The molecule has 1 aromatic carbocycles. The van der Waals surface area contributed by atoms with Crippen LogP contribution in [-0.2, 0) is 6.42 Å². The van der Waals surface area contributed by atoms with Gasteiger partial charge in [-0.3, -0.25) is 9.78 Å². The maximum atomic E-state index is 12.4. The van der Waals surface area contributed by atoms with Crippen LogP contribution in [0, 0.1) is 0 Å². The van der Waals surface area contributed by atoms with Gasteiger partial charge in [0, 0.05) is 30.2 Å². The number of rotatable bonds is 2. The zero-order chi connectivity index (χ0) is 14.1. The van der Waals surface area contributed by atoms with Crippen molar-refractivity contribution < 1.29 is 14.7 Å². The van der Waals surface area contributed by atoms with Gasteiger partial charge in [0.15, 0.2) is 0 Å². The summed E-state index contributed by atoms with van der Waals surface area (Å²) < 4.78 is 0. The van der Waals surface area contributed by atoms with Crippen molar-refractivity contribution >= 4 is 17.6 Å². The van der Waals surface area contributed by atoms with Gasteiger partial charge in [0.2, 0.25) is 0 Å². The molecule has 5 nitrogen and oxygen atoms in total. The third kappa shape index (κ3) is 2.03. The van der Waals surface area contributed by atoms with Gasteiger partial charge in [0.25, 0.3) is 5.91 Å². The van der Waals surface area contributed by atoms with E-state index in [9.17, 15) is 9.59 Å². The maximum Gasteiger partial charge on any atom is 0.335 e. The van der Waals surface area contributed by atoms with Crippen LogP contribution >= 0.6 is 0 Å². The number of aromatic carboxylic acids is 1. The van der Waals surface area contributed by atoms with Crippen molar-refractivity contribution in [2.24, 2.45) is 0 Å². The maximum absolute atomic E-state index is 12.4. The second kappa shape index (κ2) is 4.77. The highest BCUT2D eigenvalue weighted by Gasteiger charge is 2.26. The Morgan fingerprint density at radius 3 is 2.55 bits per heavy atom. The van der Waals surface area contributed by atoms with Crippen molar-refractivity contribution in [3.63, 3.8) is 0 Å². The van der Waals surface area contributed by atoms with Crippen LogP contribution in [0.5, 0.6) is 0 Å². The standard InChI is InChI=1S/C15H12N2O3/c18-14(11-3-6-16-7-4-11)17-8-5-10-1-2-12(15(19)20)9-13(10)17/h1-4,6-7,9H,5,8H2,(H,19,20). The highest BCUT2D eigenvalue weighted by Crippen LogP contribution is 2.30. The Morgan fingerprint density at radius 1 is 1.10 bits per heavy atom. The second-order valence-corrected chi connectivity index (χ2v) is 4.59. The molecule has 100 valence electrons. The average molecular weight is 268 g/mol. The number of amides is 1. The van der Waals surface area contributed by atoms with Gasteiger partial charge < -0.3 is 10.0 Å². The number of carbonyl (C=O) groups is 2. The van der Waals surface area contributed by atoms with Crippen molar-refractivity contribution in [2.45, 2.75) is 6.42 Å². The van der Waals surface area contributed by atoms with Crippen LogP contribution in [0.25, 0.3) is 0 Å². The number of carboxylic acid groups (broad SMARTS) is 1. The first kappa shape index (κ1) is 12.3. The minimum atomic E-state index is -0.990. The van der Waals surface area contributed by atoms with Crippen LogP contribution in [0.15, 0.2) is 42.7 Å². The Kier molecular flexibility index (Phi) is 2.95. The van der Waals surface area contributed by atoms with Gasteiger partial charge in [-0.2, -0.15) is 0 Å². The summed E-state index contributed by atoms with van der Waals surface area (Å²) in [6, 6.07) is 8.21. The number of carbonyl (C=O) groups excluding carboxylic acids is 1. The average Bonchev–Trinajstić information content (AvgIpc) is 2.90. The second-order valence-electron chi connectivity index (χ2n) is 4.59. The largest absolute Gasteiger partial charge is 0.478 e. The number of nitrogens with zero attached hydrogens (tertiary/aromatic N) is 2. The zero-order valence-corrected chi connectivity index (χ0v) is 10.6. The molecule has 0 fully saturated rings. The van der Waals surface area contributed by atoms with Crippen LogP contribution < -0.4 is 4.90 Å². The molecule has 2 heterocycles. The molecule has 1 N–H and O–H groups in total. The van der Waals surface area contributed by atoms with Gasteiger partial charge in [-0.15, -0.1) is 0 Å². The third-order valence-electron chi connectivity index (χ3n) is 3.40. The fraction of sp³-hybridized carbons (Fsp3) is 0.133. The molecule has 20 heavy (non-hydrogen) atoms. The summed E-state index contributed by atoms with van der Waals surface area (Å²) in [7, 11) is 0. The summed E-state index contributed by atoms with van der Waals surface area (Å²) in [4.78, 5) is 29.0. The number of carboxylic acids is 1. The number of pyridine rings is 1. The predicted octanol–water partition coefficient (Wildman–Crippen LogP) is 1.98. The molecule has 1 aliphatic heterocycles. The fourth-order valence-electron chi connectivity index (χ4n) is 2.37. The number of benzene rings is 1. The molecule has 3 rings (SSSR count). The van der Waals surface area contributed by atoms with Crippen LogP contribution in [0.2, 0.25) is 0 Å². The van der Waals surface area contributed by atoms with Crippen molar-refractivity contribution in [1.82, 2.24) is 4.98 Å². The first-order valence-electron chi connectivity index (χ1n) is 6.25. The number of fused-ring (bicyclic) bond motifs is 1. The monoisotopic (exact) mass is 268 g/mol. The van der Waals surface area contributed by atoms with E-state index in [1.54, 1.807) is 47.6 Å². The molecule has 0 aliphatic carbocycles. The van der Waals surface area contributed by atoms with Crippen LogP contribution in [0.3, 0.4) is 0 Å². The van der Waals surface area contributed by atoms with E-state index in [4.69, 9.17) is 5.11 Å². The molecule has 0 unspecified atom stereocenters. The first-order chi connectivity index (χ1) is 9.66. The Balaban J connectivity index is 1.98. The van der Waals surface area contributed by atoms with E-state index >= 15 is 0 Å². The van der Waals surface area contributed by atoms with E-state index in [1.807, 2.05) is 0 Å². The third-order valence-corrected chi connectivity index (χ3v) is 3.40. The van der Waals surface area contributed by atoms with Crippen LogP contribution in [-0.4, -0.2) is 28.5 Å². The first-order valence-corrected chi connectivity index (χ1v) is 6.25. The summed E-state index contributed by atoms with van der Waals surface area (Å²) in [6.07, 6.45) is 3.88. The Morgan fingerprint density at radius 2 is 1.85 bits per heavy atom. The molecule has 0 saturated carbocycles. The molecular weight excluding hydrogens is 256 g/mol. The molecule has 0 atom stereocenters. The summed E-state index contributed by atoms with van der Waals surface area (Å²) in [5.41, 5.74) is 2.43. The van der Waals surface area contributed by atoms with E-state index in [-0.39, 0.29) is 11.5 Å². The van der Waals surface area contributed by atoms with Crippen molar-refractivity contribution in [1.29, 1.82) is 0 Å². The summed E-state index contributed by atoms with van der Waals surface area (Å²) in [5.74, 6) is -1.12. The SMILES string of the molecule is O=C(O)c1ccc2c(c1)N(C(=O)c1ccncc1)CC2. The molecule has 0 spiro atoms. The van der Waals surface area contributed by atoms with E-state index in [0.29, 0.717) is 17.8 Å². The predicted molar refractivity (Wildman–Crippen MR) is 73.0 cm³/mol. The molecule has 0 radical (unpaired) electrons. The Bertz CT molecular complexity index is 683. The van der Waals surface area contributed by atoms with Gasteiger partial charge in [-0.1, -0.05) is 6.07 Å². The van der Waals surface area contributed by atoms with E-state index in [2.05, 4.69) is 4.98 Å². The zero-order valence-electron chi connectivity index (χ0n) is 10.6. The number of anilines is 1. The normalized spacial score (nSPS) is 13.1. The van der Waals surface area contributed by atoms with Crippen molar-refractivity contribution in [2.75, 3.05) is 11.4 Å². The molecule has 2 aromatic rings. The van der Waals surface area contributed by atoms with Gasteiger partial charge in [-0.25, -0.2) is 4.79 Å². The topological polar surface area (TPSA) is 70.5 Å². The van der Waals surface area contributed by atoms with Gasteiger partial charge in [0.05, 0.1) is 5.56 Å². The highest BCUT2D eigenvalue weighted by molar-refractivity contribution is 6.07. The van der Waals surface area contributed by atoms with E-state index < -0.39 is 5.97 Å². The molecule has 5 heteroatoms. The smallest absolute Gasteiger partial charge is 0.335 e. The molecular formula is C15H12N2O3. The highest BCUT2D eigenvalue weighted by atomic mass is 16.4. The minimum Gasteiger partial charge on any atom is -0.478 e. The number of hydrogen-bond donors (Lipinski definition) is 1. The number of aromatic nitrogens is 1. The lowest BCUT2D eigenvalue weighted by molar-refractivity contribution is 0.0696. The molecule has 0 saturated heterocycles. The lowest BCUT2D eigenvalue weighted by Crippen LogP contribution is -2.29. The molecule has 1 amide bonds. The fourth-order valence-corrected chi connectivity index (χ4v) is 2.37. The summed E-state index contributed by atoms with van der Waals surface area (Å²) in [5, 5.41) is 9.05. The van der Waals surface area contributed by atoms with Crippen molar-refractivity contribution in [3.8, 4) is 0 Å². The molecule has 1 aromatic heterocycles. The quantitative estimate of drug-likeness (QED) is 0.904. The lowest BCUT2D eigenvalue weighted by Gasteiger charge is -2.17.